The second kappa shape index (κ2) is 5.13. The molecule has 0 amide bonds. The second-order valence-electron chi connectivity index (χ2n) is 3.96. The smallest absolute Gasteiger partial charge is 0.0614 e. The summed E-state index contributed by atoms with van der Waals surface area (Å²) in [5.74, 6) is 0.550. The lowest BCUT2D eigenvalue weighted by Crippen LogP contribution is -2.14. The maximum absolute atomic E-state index is 5.93. The Kier molecular flexibility index (Phi) is 3.79. The molecule has 88 valence electrons. The average molecular weight is 261 g/mol. The molecule has 16 heavy (non-hydrogen) atoms. The normalized spacial score (nSPS) is 20.0. The first-order valence-corrected chi connectivity index (χ1v) is 5.98. The Morgan fingerprint density at radius 2 is 2.12 bits per heavy atom. The van der Waals surface area contributed by atoms with Crippen molar-refractivity contribution in [1.29, 1.82) is 0 Å². The highest BCUT2D eigenvalue weighted by Crippen LogP contribution is 2.31. The molecule has 0 aromatic heterocycles. The Balaban J connectivity index is 2.00. The fraction of sp³-hybridized carbons (Fsp3) is 0.455. The van der Waals surface area contributed by atoms with E-state index in [1.165, 1.54) is 0 Å². The molecule has 1 aliphatic heterocycles. The molecule has 0 spiro atoms. The summed E-state index contributed by atoms with van der Waals surface area (Å²) in [6, 6.07) is 3.42. The molecule has 0 aliphatic carbocycles. The van der Waals surface area contributed by atoms with E-state index in [0.29, 0.717) is 21.7 Å². The predicted octanol–water partition coefficient (Wildman–Crippen LogP) is 3.02. The van der Waals surface area contributed by atoms with Gasteiger partial charge < -0.3 is 15.8 Å². The van der Waals surface area contributed by atoms with Gasteiger partial charge in [-0.1, -0.05) is 23.2 Å². The van der Waals surface area contributed by atoms with Gasteiger partial charge in [-0.3, -0.25) is 0 Å². The molecule has 1 unspecified atom stereocenters. The maximum Gasteiger partial charge on any atom is 0.0614 e. The van der Waals surface area contributed by atoms with E-state index >= 15 is 0 Å². The van der Waals surface area contributed by atoms with Gasteiger partial charge >= 0.3 is 0 Å². The van der Waals surface area contributed by atoms with E-state index in [0.717, 1.165) is 31.9 Å². The lowest BCUT2D eigenvalue weighted by atomic mass is 10.1. The Hall–Kier alpha value is -0.640. The molecule has 3 nitrogen and oxygen atoms in total. The average Bonchev–Trinajstić information content (AvgIpc) is 2.74. The summed E-state index contributed by atoms with van der Waals surface area (Å²) < 4.78 is 5.30. The fourth-order valence-electron chi connectivity index (χ4n) is 1.71. The van der Waals surface area contributed by atoms with E-state index in [4.69, 9.17) is 33.7 Å². The van der Waals surface area contributed by atoms with Crippen LogP contribution in [-0.4, -0.2) is 19.8 Å². The highest BCUT2D eigenvalue weighted by molar-refractivity contribution is 6.42. The van der Waals surface area contributed by atoms with Gasteiger partial charge in [0.25, 0.3) is 0 Å². The maximum atomic E-state index is 5.93. The minimum Gasteiger partial charge on any atom is -0.397 e. The lowest BCUT2D eigenvalue weighted by Gasteiger charge is -2.13. The number of nitrogen functional groups attached to an aromatic ring is 1. The van der Waals surface area contributed by atoms with E-state index in [-0.39, 0.29) is 0 Å². The Bertz CT molecular complexity index is 378. The lowest BCUT2D eigenvalue weighted by molar-refractivity contribution is 0.187. The van der Waals surface area contributed by atoms with Crippen molar-refractivity contribution < 1.29 is 4.74 Å². The standard InChI is InChI=1S/C11H14Cl2N2O/c12-8-3-10(14)11(4-9(8)13)15-5-7-1-2-16-6-7/h3-4,7,15H,1-2,5-6,14H2. The third kappa shape index (κ3) is 2.73. The van der Waals surface area contributed by atoms with Crippen molar-refractivity contribution in [3.05, 3.63) is 22.2 Å². The van der Waals surface area contributed by atoms with Crippen molar-refractivity contribution >= 4 is 34.6 Å². The summed E-state index contributed by atoms with van der Waals surface area (Å²) in [6.07, 6.45) is 1.09. The minimum atomic E-state index is 0.480. The largest absolute Gasteiger partial charge is 0.397 e. The Morgan fingerprint density at radius 1 is 1.38 bits per heavy atom. The SMILES string of the molecule is Nc1cc(Cl)c(Cl)cc1NCC1CCOC1. The van der Waals surface area contributed by atoms with Gasteiger partial charge in [-0.05, 0) is 18.6 Å². The monoisotopic (exact) mass is 260 g/mol. The van der Waals surface area contributed by atoms with E-state index in [1.807, 2.05) is 0 Å². The van der Waals surface area contributed by atoms with Crippen LogP contribution in [0.5, 0.6) is 0 Å². The minimum absolute atomic E-state index is 0.480. The quantitative estimate of drug-likeness (QED) is 0.822. The van der Waals surface area contributed by atoms with E-state index in [2.05, 4.69) is 5.32 Å². The first kappa shape index (κ1) is 11.8. The third-order valence-corrected chi connectivity index (χ3v) is 3.42. The predicted molar refractivity (Wildman–Crippen MR) is 68.3 cm³/mol. The highest BCUT2D eigenvalue weighted by Gasteiger charge is 2.15. The molecule has 1 atom stereocenters. The number of rotatable bonds is 3. The molecule has 1 fully saturated rings. The molecule has 1 aromatic rings. The zero-order valence-corrected chi connectivity index (χ0v) is 10.3. The molecule has 1 heterocycles. The highest BCUT2D eigenvalue weighted by atomic mass is 35.5. The van der Waals surface area contributed by atoms with Crippen molar-refractivity contribution in [3.63, 3.8) is 0 Å². The Labute approximate surface area is 105 Å². The molecule has 0 radical (unpaired) electrons. The van der Waals surface area contributed by atoms with Crippen LogP contribution in [0.15, 0.2) is 12.1 Å². The summed E-state index contributed by atoms with van der Waals surface area (Å²) in [7, 11) is 0. The van der Waals surface area contributed by atoms with Crippen molar-refractivity contribution in [2.45, 2.75) is 6.42 Å². The van der Waals surface area contributed by atoms with Crippen molar-refractivity contribution in [2.75, 3.05) is 30.8 Å². The summed E-state index contributed by atoms with van der Waals surface area (Å²) in [6.45, 7) is 2.51. The zero-order valence-electron chi connectivity index (χ0n) is 8.80. The van der Waals surface area contributed by atoms with E-state index in [1.54, 1.807) is 12.1 Å². The summed E-state index contributed by atoms with van der Waals surface area (Å²) in [5, 5.41) is 4.27. The Morgan fingerprint density at radius 3 is 2.81 bits per heavy atom. The summed E-state index contributed by atoms with van der Waals surface area (Å²) >= 11 is 11.8. The number of hydrogen-bond donors (Lipinski definition) is 2. The first-order valence-electron chi connectivity index (χ1n) is 5.23. The number of benzene rings is 1. The van der Waals surface area contributed by atoms with Crippen molar-refractivity contribution in [3.8, 4) is 0 Å². The van der Waals surface area contributed by atoms with Gasteiger partial charge in [0.2, 0.25) is 0 Å². The van der Waals surface area contributed by atoms with Gasteiger partial charge in [0.15, 0.2) is 0 Å². The van der Waals surface area contributed by atoms with Crippen LogP contribution in [-0.2, 0) is 4.74 Å². The van der Waals surface area contributed by atoms with Crippen LogP contribution in [0.4, 0.5) is 11.4 Å². The van der Waals surface area contributed by atoms with Crippen LogP contribution in [0.3, 0.4) is 0 Å². The van der Waals surface area contributed by atoms with Crippen molar-refractivity contribution in [2.24, 2.45) is 5.92 Å². The number of nitrogens with two attached hydrogens (primary N) is 1. The molecule has 5 heteroatoms. The number of ether oxygens (including phenoxy) is 1. The number of anilines is 2. The topological polar surface area (TPSA) is 47.3 Å². The fourth-order valence-corrected chi connectivity index (χ4v) is 2.05. The van der Waals surface area contributed by atoms with Gasteiger partial charge in [-0.15, -0.1) is 0 Å². The van der Waals surface area contributed by atoms with Crippen LogP contribution in [0.2, 0.25) is 10.0 Å². The second-order valence-corrected chi connectivity index (χ2v) is 4.78. The van der Waals surface area contributed by atoms with Crippen LogP contribution in [0, 0.1) is 5.92 Å². The first-order chi connectivity index (χ1) is 7.66. The third-order valence-electron chi connectivity index (χ3n) is 2.70. The summed E-state index contributed by atoms with van der Waals surface area (Å²) in [4.78, 5) is 0. The van der Waals surface area contributed by atoms with Gasteiger partial charge in [0.05, 0.1) is 28.0 Å². The molecular weight excluding hydrogens is 247 g/mol. The molecular formula is C11H14Cl2N2O. The van der Waals surface area contributed by atoms with E-state index < -0.39 is 0 Å². The zero-order chi connectivity index (χ0) is 11.5. The summed E-state index contributed by atoms with van der Waals surface area (Å²) in [5.41, 5.74) is 7.29. The molecule has 1 saturated heterocycles. The number of hydrogen-bond acceptors (Lipinski definition) is 3. The molecule has 2 rings (SSSR count). The van der Waals surface area contributed by atoms with Crippen LogP contribution in [0.25, 0.3) is 0 Å². The van der Waals surface area contributed by atoms with Gasteiger partial charge in [-0.25, -0.2) is 0 Å². The van der Waals surface area contributed by atoms with Crippen molar-refractivity contribution in [1.82, 2.24) is 0 Å². The van der Waals surface area contributed by atoms with E-state index in [9.17, 15) is 0 Å². The van der Waals surface area contributed by atoms with Crippen LogP contribution >= 0.6 is 23.2 Å². The molecule has 1 aliphatic rings. The van der Waals surface area contributed by atoms with Gasteiger partial charge in [0.1, 0.15) is 0 Å². The van der Waals surface area contributed by atoms with Gasteiger partial charge in [-0.2, -0.15) is 0 Å². The van der Waals surface area contributed by atoms with Crippen LogP contribution in [0.1, 0.15) is 6.42 Å². The van der Waals surface area contributed by atoms with Gasteiger partial charge in [0, 0.05) is 19.1 Å². The molecule has 0 saturated carbocycles. The number of nitrogens with one attached hydrogen (secondary N) is 1. The number of halogens is 2. The molecule has 1 aromatic carbocycles. The van der Waals surface area contributed by atoms with Crippen LogP contribution < -0.4 is 11.1 Å². The molecule has 3 N–H and O–H groups in total. The molecule has 0 bridgehead atoms.